The molecule has 0 saturated heterocycles. The van der Waals surface area contributed by atoms with Crippen LogP contribution in [0, 0.1) is 6.92 Å². The topological polar surface area (TPSA) is 92.1 Å². The molecular formula is C19H17N5O2. The summed E-state index contributed by atoms with van der Waals surface area (Å²) in [5.74, 6) is -0.437. The van der Waals surface area contributed by atoms with Gasteiger partial charge < -0.3 is 10.3 Å². The van der Waals surface area contributed by atoms with Crippen LogP contribution in [0.3, 0.4) is 0 Å². The summed E-state index contributed by atoms with van der Waals surface area (Å²) in [6, 6.07) is 15.0. The molecule has 0 fully saturated rings. The number of aryl methyl sites for hydroxylation is 1. The maximum atomic E-state index is 12.7. The van der Waals surface area contributed by atoms with Crippen molar-refractivity contribution < 1.29 is 4.79 Å². The van der Waals surface area contributed by atoms with E-state index in [1.165, 1.54) is 4.52 Å². The maximum absolute atomic E-state index is 12.7. The molecule has 0 spiro atoms. The zero-order valence-electron chi connectivity index (χ0n) is 14.4. The number of nitrogens with zero attached hydrogens (tertiary/aromatic N) is 3. The molecule has 2 aromatic heterocycles. The van der Waals surface area contributed by atoms with E-state index in [1.807, 2.05) is 62.4 Å². The van der Waals surface area contributed by atoms with Gasteiger partial charge in [0.1, 0.15) is 0 Å². The molecule has 0 radical (unpaired) electrons. The van der Waals surface area contributed by atoms with Gasteiger partial charge in [-0.3, -0.25) is 9.59 Å². The Hall–Kier alpha value is -3.48. The lowest BCUT2D eigenvalue weighted by molar-refractivity contribution is 0.0936. The fourth-order valence-electron chi connectivity index (χ4n) is 3.01. The second-order valence-corrected chi connectivity index (χ2v) is 6.28. The average molecular weight is 347 g/mol. The Balaban J connectivity index is 1.76. The molecule has 0 aliphatic rings. The molecule has 2 heterocycles. The molecule has 7 nitrogen and oxygen atoms in total. The minimum atomic E-state index is -0.437. The normalized spacial score (nSPS) is 12.4. The van der Waals surface area contributed by atoms with Gasteiger partial charge in [0.25, 0.3) is 11.5 Å². The summed E-state index contributed by atoms with van der Waals surface area (Å²) < 4.78 is 1.41. The molecule has 7 heteroatoms. The number of aromatic amines is 1. The maximum Gasteiger partial charge on any atom is 0.277 e. The third-order valence-corrected chi connectivity index (χ3v) is 4.38. The van der Waals surface area contributed by atoms with Gasteiger partial charge >= 0.3 is 0 Å². The van der Waals surface area contributed by atoms with E-state index in [9.17, 15) is 9.59 Å². The third kappa shape index (κ3) is 2.63. The van der Waals surface area contributed by atoms with Crippen LogP contribution in [0.15, 0.2) is 53.3 Å². The predicted molar refractivity (Wildman–Crippen MR) is 98.2 cm³/mol. The minimum absolute atomic E-state index is 0.0107. The van der Waals surface area contributed by atoms with Crippen LogP contribution in [0.5, 0.6) is 0 Å². The van der Waals surface area contributed by atoms with Crippen LogP contribution in [0.1, 0.15) is 34.6 Å². The number of amides is 1. The highest BCUT2D eigenvalue weighted by Gasteiger charge is 2.21. The Morgan fingerprint density at radius 1 is 1.19 bits per heavy atom. The largest absolute Gasteiger partial charge is 0.344 e. The number of aromatic nitrogens is 4. The zero-order valence-corrected chi connectivity index (χ0v) is 14.4. The van der Waals surface area contributed by atoms with Gasteiger partial charge in [0.15, 0.2) is 11.2 Å². The van der Waals surface area contributed by atoms with Crippen molar-refractivity contribution in [2.75, 3.05) is 0 Å². The first-order valence-corrected chi connectivity index (χ1v) is 8.28. The summed E-state index contributed by atoms with van der Waals surface area (Å²) >= 11 is 0. The van der Waals surface area contributed by atoms with Crippen molar-refractivity contribution in [3.63, 3.8) is 0 Å². The van der Waals surface area contributed by atoms with Gasteiger partial charge in [-0.2, -0.15) is 0 Å². The number of rotatable bonds is 3. The van der Waals surface area contributed by atoms with Gasteiger partial charge in [0, 0.05) is 0 Å². The van der Waals surface area contributed by atoms with E-state index in [0.717, 1.165) is 11.1 Å². The van der Waals surface area contributed by atoms with E-state index < -0.39 is 11.5 Å². The Morgan fingerprint density at radius 2 is 1.96 bits per heavy atom. The fraction of sp³-hybridized carbons (Fsp3) is 0.158. The number of hydrogen-bond donors (Lipinski definition) is 2. The fourth-order valence-corrected chi connectivity index (χ4v) is 3.01. The Kier molecular flexibility index (Phi) is 3.76. The molecule has 2 N–H and O–H groups in total. The SMILES string of the molecule is Cc1ccc2c(c1)[nH]c(=O)c1c(C(=O)N[C@H](C)c3ccccc3)nnn12. The van der Waals surface area contributed by atoms with E-state index in [-0.39, 0.29) is 17.3 Å². The number of carbonyl (C=O) groups excluding carboxylic acids is 1. The minimum Gasteiger partial charge on any atom is -0.344 e. The summed E-state index contributed by atoms with van der Waals surface area (Å²) in [7, 11) is 0. The van der Waals surface area contributed by atoms with Crippen molar-refractivity contribution in [3.8, 4) is 0 Å². The van der Waals surface area contributed by atoms with Crippen LogP contribution < -0.4 is 10.9 Å². The molecule has 4 aromatic rings. The van der Waals surface area contributed by atoms with Crippen LogP contribution in [0.2, 0.25) is 0 Å². The summed E-state index contributed by atoms with van der Waals surface area (Å²) in [4.78, 5) is 28.0. The number of benzene rings is 2. The smallest absolute Gasteiger partial charge is 0.277 e. The average Bonchev–Trinajstić information content (AvgIpc) is 3.08. The molecule has 4 rings (SSSR count). The van der Waals surface area contributed by atoms with Crippen LogP contribution in [-0.2, 0) is 0 Å². The van der Waals surface area contributed by atoms with Crippen molar-refractivity contribution in [1.29, 1.82) is 0 Å². The monoisotopic (exact) mass is 347 g/mol. The molecule has 1 atom stereocenters. The molecule has 0 saturated carbocycles. The van der Waals surface area contributed by atoms with Gasteiger partial charge in [-0.15, -0.1) is 5.10 Å². The van der Waals surface area contributed by atoms with Crippen LogP contribution in [0.4, 0.5) is 0 Å². The molecule has 0 unspecified atom stereocenters. The molecule has 1 amide bonds. The molecular weight excluding hydrogens is 330 g/mol. The first kappa shape index (κ1) is 16.0. The predicted octanol–water partition coefficient (Wildman–Crippen LogP) is 2.37. The van der Waals surface area contributed by atoms with E-state index >= 15 is 0 Å². The van der Waals surface area contributed by atoms with Crippen LogP contribution in [0.25, 0.3) is 16.6 Å². The van der Waals surface area contributed by atoms with Crippen LogP contribution >= 0.6 is 0 Å². The summed E-state index contributed by atoms with van der Waals surface area (Å²) in [5, 5.41) is 10.8. The Labute approximate surface area is 148 Å². The molecule has 0 aliphatic heterocycles. The van der Waals surface area contributed by atoms with Crippen LogP contribution in [-0.4, -0.2) is 25.7 Å². The second kappa shape index (κ2) is 6.11. The Bertz CT molecular complexity index is 1180. The number of H-pyrrole nitrogens is 1. The first-order chi connectivity index (χ1) is 12.5. The highest BCUT2D eigenvalue weighted by atomic mass is 16.2. The summed E-state index contributed by atoms with van der Waals surface area (Å²) in [5.41, 5.74) is 3.07. The lowest BCUT2D eigenvalue weighted by atomic mass is 10.1. The lowest BCUT2D eigenvalue weighted by Crippen LogP contribution is -2.28. The third-order valence-electron chi connectivity index (χ3n) is 4.38. The van der Waals surface area contributed by atoms with E-state index in [1.54, 1.807) is 0 Å². The Morgan fingerprint density at radius 3 is 2.73 bits per heavy atom. The van der Waals surface area contributed by atoms with E-state index in [0.29, 0.717) is 11.0 Å². The molecule has 0 bridgehead atoms. The van der Waals surface area contributed by atoms with Gasteiger partial charge in [-0.1, -0.05) is 41.6 Å². The summed E-state index contributed by atoms with van der Waals surface area (Å²) in [6.45, 7) is 3.81. The highest BCUT2D eigenvalue weighted by molar-refractivity contribution is 5.99. The van der Waals surface area contributed by atoms with Crippen molar-refractivity contribution in [3.05, 3.63) is 75.7 Å². The first-order valence-electron chi connectivity index (χ1n) is 8.28. The molecule has 2 aromatic carbocycles. The van der Waals surface area contributed by atoms with Crippen molar-refractivity contribution in [2.24, 2.45) is 0 Å². The standard InChI is InChI=1S/C19H17N5O2/c1-11-8-9-15-14(10-11)21-19(26)17-16(22-23-24(15)17)18(25)20-12(2)13-6-4-3-5-7-13/h3-10,12H,1-2H3,(H,20,25)(H,21,26)/t12-/m1/s1. The lowest BCUT2D eigenvalue weighted by Gasteiger charge is -2.13. The second-order valence-electron chi connectivity index (χ2n) is 6.28. The van der Waals surface area contributed by atoms with Crippen molar-refractivity contribution in [2.45, 2.75) is 19.9 Å². The number of fused-ring (bicyclic) bond motifs is 3. The van der Waals surface area contributed by atoms with Gasteiger partial charge in [0.05, 0.1) is 17.1 Å². The number of carbonyl (C=O) groups is 1. The quantitative estimate of drug-likeness (QED) is 0.595. The zero-order chi connectivity index (χ0) is 18.3. The van der Waals surface area contributed by atoms with E-state index in [4.69, 9.17) is 0 Å². The highest BCUT2D eigenvalue weighted by Crippen LogP contribution is 2.16. The molecule has 0 aliphatic carbocycles. The van der Waals surface area contributed by atoms with Gasteiger partial charge in [-0.05, 0) is 37.1 Å². The molecule has 26 heavy (non-hydrogen) atoms. The number of nitrogens with one attached hydrogen (secondary N) is 2. The van der Waals surface area contributed by atoms with Crippen molar-refractivity contribution >= 4 is 22.5 Å². The number of hydrogen-bond acceptors (Lipinski definition) is 4. The molecule has 130 valence electrons. The summed E-state index contributed by atoms with van der Waals surface area (Å²) in [6.07, 6.45) is 0. The van der Waals surface area contributed by atoms with Gasteiger partial charge in [0.2, 0.25) is 0 Å². The van der Waals surface area contributed by atoms with Gasteiger partial charge in [-0.25, -0.2) is 4.52 Å². The van der Waals surface area contributed by atoms with Crippen molar-refractivity contribution in [1.82, 2.24) is 25.1 Å². The van der Waals surface area contributed by atoms with E-state index in [2.05, 4.69) is 20.6 Å².